The summed E-state index contributed by atoms with van der Waals surface area (Å²) in [5, 5.41) is 0. The van der Waals surface area contributed by atoms with Crippen molar-refractivity contribution >= 4 is 5.97 Å². The normalized spacial score (nSPS) is 14.6. The van der Waals surface area contributed by atoms with E-state index in [9.17, 15) is 4.79 Å². The van der Waals surface area contributed by atoms with Crippen LogP contribution in [0.4, 0.5) is 0 Å². The smallest absolute Gasteiger partial charge is 0.331 e. The average molecular weight is 194 g/mol. The SMILES string of the molecule is COC(=O)C(C)(N)c1cc(C)ccn1. The van der Waals surface area contributed by atoms with Crippen LogP contribution in [0.3, 0.4) is 0 Å². The van der Waals surface area contributed by atoms with E-state index in [4.69, 9.17) is 5.73 Å². The zero-order valence-electron chi connectivity index (χ0n) is 8.57. The van der Waals surface area contributed by atoms with Gasteiger partial charge in [-0.2, -0.15) is 0 Å². The molecule has 1 unspecified atom stereocenters. The van der Waals surface area contributed by atoms with Crippen molar-refractivity contribution in [3.8, 4) is 0 Å². The largest absolute Gasteiger partial charge is 0.467 e. The molecule has 4 nitrogen and oxygen atoms in total. The summed E-state index contributed by atoms with van der Waals surface area (Å²) < 4.78 is 4.61. The van der Waals surface area contributed by atoms with E-state index in [1.807, 2.05) is 13.0 Å². The lowest BCUT2D eigenvalue weighted by Gasteiger charge is -2.20. The molecule has 4 heteroatoms. The van der Waals surface area contributed by atoms with Crippen LogP contribution in [0.15, 0.2) is 18.3 Å². The maximum Gasteiger partial charge on any atom is 0.331 e. The number of ether oxygens (including phenoxy) is 1. The van der Waals surface area contributed by atoms with Gasteiger partial charge >= 0.3 is 5.97 Å². The predicted octanol–water partition coefficient (Wildman–Crippen LogP) is 0.737. The molecule has 0 aromatic carbocycles. The highest BCUT2D eigenvalue weighted by Gasteiger charge is 2.33. The summed E-state index contributed by atoms with van der Waals surface area (Å²) in [5.41, 5.74) is 6.17. The number of nitrogens with zero attached hydrogens (tertiary/aromatic N) is 1. The van der Waals surface area contributed by atoms with Crippen LogP contribution in [0.2, 0.25) is 0 Å². The zero-order valence-corrected chi connectivity index (χ0v) is 8.57. The summed E-state index contributed by atoms with van der Waals surface area (Å²) >= 11 is 0. The number of methoxy groups -OCH3 is 1. The van der Waals surface area contributed by atoms with Gasteiger partial charge in [0.1, 0.15) is 0 Å². The number of esters is 1. The molecule has 14 heavy (non-hydrogen) atoms. The van der Waals surface area contributed by atoms with E-state index in [0.29, 0.717) is 5.69 Å². The van der Waals surface area contributed by atoms with Gasteiger partial charge < -0.3 is 10.5 Å². The first-order valence-corrected chi connectivity index (χ1v) is 4.29. The maximum absolute atomic E-state index is 11.4. The van der Waals surface area contributed by atoms with Gasteiger partial charge in [0.25, 0.3) is 0 Å². The molecule has 0 aliphatic heterocycles. The Morgan fingerprint density at radius 1 is 1.64 bits per heavy atom. The summed E-state index contributed by atoms with van der Waals surface area (Å²) in [7, 11) is 1.31. The molecule has 0 saturated heterocycles. The summed E-state index contributed by atoms with van der Waals surface area (Å²) in [5.74, 6) is -0.490. The highest BCUT2D eigenvalue weighted by Crippen LogP contribution is 2.17. The van der Waals surface area contributed by atoms with E-state index in [2.05, 4.69) is 9.72 Å². The Morgan fingerprint density at radius 3 is 2.79 bits per heavy atom. The van der Waals surface area contributed by atoms with Crippen LogP contribution in [0.1, 0.15) is 18.2 Å². The van der Waals surface area contributed by atoms with E-state index in [-0.39, 0.29) is 0 Å². The molecule has 0 amide bonds. The fourth-order valence-electron chi connectivity index (χ4n) is 1.14. The van der Waals surface area contributed by atoms with Crippen LogP contribution < -0.4 is 5.73 Å². The molecule has 0 aliphatic carbocycles. The molecule has 1 heterocycles. The third-order valence-corrected chi connectivity index (χ3v) is 2.06. The quantitative estimate of drug-likeness (QED) is 0.705. The van der Waals surface area contributed by atoms with Crippen LogP contribution in [0.25, 0.3) is 0 Å². The molecule has 1 atom stereocenters. The van der Waals surface area contributed by atoms with Crippen molar-refractivity contribution in [2.45, 2.75) is 19.4 Å². The molecule has 0 bridgehead atoms. The minimum Gasteiger partial charge on any atom is -0.467 e. The number of pyridine rings is 1. The monoisotopic (exact) mass is 194 g/mol. The van der Waals surface area contributed by atoms with E-state index in [1.165, 1.54) is 7.11 Å². The predicted molar refractivity (Wildman–Crippen MR) is 52.5 cm³/mol. The van der Waals surface area contributed by atoms with Gasteiger partial charge in [-0.3, -0.25) is 4.98 Å². The fraction of sp³-hybridized carbons (Fsp3) is 0.400. The number of aromatic nitrogens is 1. The van der Waals surface area contributed by atoms with Gasteiger partial charge in [0.05, 0.1) is 12.8 Å². The number of hydrogen-bond donors (Lipinski definition) is 1. The van der Waals surface area contributed by atoms with Gasteiger partial charge in [0.15, 0.2) is 5.54 Å². The zero-order chi connectivity index (χ0) is 10.8. The van der Waals surface area contributed by atoms with E-state index < -0.39 is 11.5 Å². The summed E-state index contributed by atoms with van der Waals surface area (Å²) in [4.78, 5) is 15.4. The first-order valence-electron chi connectivity index (χ1n) is 4.29. The van der Waals surface area contributed by atoms with Crippen molar-refractivity contribution in [1.29, 1.82) is 0 Å². The Kier molecular flexibility index (Phi) is 2.86. The van der Waals surface area contributed by atoms with Gasteiger partial charge in [0.2, 0.25) is 0 Å². The van der Waals surface area contributed by atoms with E-state index >= 15 is 0 Å². The van der Waals surface area contributed by atoms with Crippen LogP contribution in [-0.2, 0) is 15.1 Å². The number of carbonyl (C=O) groups excluding carboxylic acids is 1. The second-order valence-electron chi connectivity index (χ2n) is 3.41. The highest BCUT2D eigenvalue weighted by molar-refractivity contribution is 5.81. The van der Waals surface area contributed by atoms with Crippen LogP contribution in [0, 0.1) is 6.92 Å². The molecule has 76 valence electrons. The molecule has 1 aromatic heterocycles. The first-order chi connectivity index (χ1) is 6.48. The number of carbonyl (C=O) groups is 1. The Morgan fingerprint density at radius 2 is 2.29 bits per heavy atom. The fourth-order valence-corrected chi connectivity index (χ4v) is 1.14. The first kappa shape index (κ1) is 10.7. The van der Waals surface area contributed by atoms with Crippen molar-refractivity contribution < 1.29 is 9.53 Å². The van der Waals surface area contributed by atoms with Crippen molar-refractivity contribution in [2.75, 3.05) is 7.11 Å². The highest BCUT2D eigenvalue weighted by atomic mass is 16.5. The van der Waals surface area contributed by atoms with Gasteiger partial charge in [-0.15, -0.1) is 0 Å². The standard InChI is InChI=1S/C10H14N2O2/c1-7-4-5-12-8(6-7)10(2,11)9(13)14-3/h4-6H,11H2,1-3H3. The molecular formula is C10H14N2O2. The summed E-state index contributed by atoms with van der Waals surface area (Å²) in [6, 6.07) is 3.62. The van der Waals surface area contributed by atoms with Crippen molar-refractivity contribution in [2.24, 2.45) is 5.73 Å². The lowest BCUT2D eigenvalue weighted by molar-refractivity contribution is -0.146. The Hall–Kier alpha value is -1.42. The summed E-state index contributed by atoms with van der Waals surface area (Å²) in [6.07, 6.45) is 1.62. The minimum absolute atomic E-state index is 0.490. The van der Waals surface area contributed by atoms with Crippen molar-refractivity contribution in [3.63, 3.8) is 0 Å². The van der Waals surface area contributed by atoms with E-state index in [0.717, 1.165) is 5.56 Å². The summed E-state index contributed by atoms with van der Waals surface area (Å²) in [6.45, 7) is 3.50. The Labute approximate surface area is 83.1 Å². The van der Waals surface area contributed by atoms with Gasteiger partial charge in [0, 0.05) is 6.20 Å². The minimum atomic E-state index is -1.18. The van der Waals surface area contributed by atoms with Gasteiger partial charge in [-0.25, -0.2) is 4.79 Å². The number of rotatable bonds is 2. The van der Waals surface area contributed by atoms with Crippen LogP contribution in [-0.4, -0.2) is 18.1 Å². The third-order valence-electron chi connectivity index (χ3n) is 2.06. The molecular weight excluding hydrogens is 180 g/mol. The topological polar surface area (TPSA) is 65.2 Å². The van der Waals surface area contributed by atoms with Crippen molar-refractivity contribution in [3.05, 3.63) is 29.6 Å². The van der Waals surface area contributed by atoms with Crippen LogP contribution in [0.5, 0.6) is 0 Å². The van der Waals surface area contributed by atoms with E-state index in [1.54, 1.807) is 19.2 Å². The van der Waals surface area contributed by atoms with Crippen molar-refractivity contribution in [1.82, 2.24) is 4.98 Å². The molecule has 1 rings (SSSR count). The number of nitrogens with two attached hydrogens (primary N) is 1. The van der Waals surface area contributed by atoms with Gasteiger partial charge in [-0.1, -0.05) is 0 Å². The lowest BCUT2D eigenvalue weighted by atomic mass is 9.98. The average Bonchev–Trinajstić information content (AvgIpc) is 2.16. The molecule has 0 spiro atoms. The van der Waals surface area contributed by atoms with Gasteiger partial charge in [-0.05, 0) is 31.5 Å². The molecule has 0 aliphatic rings. The number of hydrogen-bond acceptors (Lipinski definition) is 4. The molecule has 1 aromatic rings. The Balaban J connectivity index is 3.09. The maximum atomic E-state index is 11.4. The molecule has 0 fully saturated rings. The second kappa shape index (κ2) is 3.75. The lowest BCUT2D eigenvalue weighted by Crippen LogP contribution is -2.43. The molecule has 0 saturated carbocycles. The van der Waals surface area contributed by atoms with Crippen LogP contribution >= 0.6 is 0 Å². The Bertz CT molecular complexity index is 348. The number of aryl methyl sites for hydroxylation is 1. The molecule has 0 radical (unpaired) electrons. The second-order valence-corrected chi connectivity index (χ2v) is 3.41. The molecule has 2 N–H and O–H groups in total. The third kappa shape index (κ3) is 1.90.